The topological polar surface area (TPSA) is 47.3 Å². The number of hydrogen-bond acceptors (Lipinski definition) is 3. The number of hydrogen-bond donors (Lipinski definition) is 2. The van der Waals surface area contributed by atoms with Crippen LogP contribution >= 0.6 is 0 Å². The Hall–Kier alpha value is -0.970. The maximum atomic E-state index is 13.3. The molecule has 0 aromatic heterocycles. The number of hydrazine groups is 1. The van der Waals surface area contributed by atoms with E-state index in [1.54, 1.807) is 13.2 Å². The van der Waals surface area contributed by atoms with Gasteiger partial charge in [0.05, 0.1) is 11.6 Å². The molecule has 0 spiro atoms. The summed E-state index contributed by atoms with van der Waals surface area (Å²) in [5.41, 5.74) is 4.84. The second kappa shape index (κ2) is 7.34. The molecule has 3 nitrogen and oxygen atoms in total. The van der Waals surface area contributed by atoms with Crippen molar-refractivity contribution in [1.82, 2.24) is 5.43 Å². The van der Waals surface area contributed by atoms with E-state index in [9.17, 15) is 4.39 Å². The fourth-order valence-corrected chi connectivity index (χ4v) is 3.53. The first-order valence-corrected chi connectivity index (χ1v) is 7.87. The maximum Gasteiger partial charge on any atom is 0.123 e. The first-order valence-electron chi connectivity index (χ1n) is 7.87. The third-order valence-corrected chi connectivity index (χ3v) is 4.92. The van der Waals surface area contributed by atoms with Crippen molar-refractivity contribution in [1.29, 1.82) is 0 Å². The van der Waals surface area contributed by atoms with E-state index in [4.69, 9.17) is 10.6 Å². The first-order chi connectivity index (χ1) is 10.1. The van der Waals surface area contributed by atoms with Gasteiger partial charge < -0.3 is 4.74 Å². The molecule has 0 saturated heterocycles. The molecule has 1 aromatic carbocycles. The van der Waals surface area contributed by atoms with Gasteiger partial charge in [0.2, 0.25) is 0 Å². The van der Waals surface area contributed by atoms with Crippen LogP contribution < -0.4 is 11.3 Å². The molecule has 3 N–H and O–H groups in total. The smallest absolute Gasteiger partial charge is 0.123 e. The second-order valence-corrected chi connectivity index (χ2v) is 6.18. The Morgan fingerprint density at radius 3 is 2.48 bits per heavy atom. The Balaban J connectivity index is 2.20. The Morgan fingerprint density at radius 2 is 1.95 bits per heavy atom. The summed E-state index contributed by atoms with van der Waals surface area (Å²) in [7, 11) is 1.78. The molecule has 21 heavy (non-hydrogen) atoms. The number of rotatable bonds is 5. The van der Waals surface area contributed by atoms with Crippen molar-refractivity contribution in [2.45, 2.75) is 63.5 Å². The molecular formula is C17H27FN2O. The third-order valence-electron chi connectivity index (χ3n) is 4.92. The molecule has 1 unspecified atom stereocenters. The highest BCUT2D eigenvalue weighted by molar-refractivity contribution is 5.28. The Labute approximate surface area is 127 Å². The average Bonchev–Trinajstić information content (AvgIpc) is 2.73. The normalized spacial score (nSPS) is 20.0. The van der Waals surface area contributed by atoms with Gasteiger partial charge in [0.15, 0.2) is 0 Å². The summed E-state index contributed by atoms with van der Waals surface area (Å²) in [5.74, 6) is 5.65. The molecule has 1 aliphatic rings. The van der Waals surface area contributed by atoms with Crippen LogP contribution in [0, 0.1) is 12.7 Å². The number of nitrogens with one attached hydrogen (secondary N) is 1. The average molecular weight is 294 g/mol. The van der Waals surface area contributed by atoms with Gasteiger partial charge in [0, 0.05) is 7.11 Å². The van der Waals surface area contributed by atoms with Gasteiger partial charge >= 0.3 is 0 Å². The lowest BCUT2D eigenvalue weighted by Crippen LogP contribution is -2.55. The molecule has 1 aromatic rings. The molecule has 1 saturated carbocycles. The number of aryl methyl sites for hydroxylation is 1. The standard InChI is InChI=1S/C17H27FN2O/c1-13-11-15(18)8-7-14(13)12-16(20-19)17(21-2)9-5-3-4-6-10-17/h7-8,11,16,20H,3-6,9-10,12,19H2,1-2H3. The van der Waals surface area contributed by atoms with Crippen LogP contribution in [0.15, 0.2) is 18.2 Å². The lowest BCUT2D eigenvalue weighted by Gasteiger charge is -2.39. The predicted molar refractivity (Wildman–Crippen MR) is 83.4 cm³/mol. The first kappa shape index (κ1) is 16.4. The van der Waals surface area contributed by atoms with Crippen LogP contribution in [0.1, 0.15) is 49.7 Å². The molecule has 1 atom stereocenters. The molecule has 0 amide bonds. The second-order valence-electron chi connectivity index (χ2n) is 6.18. The number of benzene rings is 1. The van der Waals surface area contributed by atoms with E-state index in [1.165, 1.54) is 31.7 Å². The summed E-state index contributed by atoms with van der Waals surface area (Å²) in [6.45, 7) is 1.94. The van der Waals surface area contributed by atoms with E-state index in [1.807, 2.05) is 13.0 Å². The summed E-state index contributed by atoms with van der Waals surface area (Å²) in [4.78, 5) is 0. The van der Waals surface area contributed by atoms with E-state index in [2.05, 4.69) is 5.43 Å². The molecule has 0 radical (unpaired) electrons. The molecule has 1 fully saturated rings. The minimum Gasteiger partial charge on any atom is -0.377 e. The van der Waals surface area contributed by atoms with E-state index in [0.717, 1.165) is 30.4 Å². The van der Waals surface area contributed by atoms with Gasteiger partial charge in [0.25, 0.3) is 0 Å². The van der Waals surface area contributed by atoms with Crippen LogP contribution in [-0.4, -0.2) is 18.8 Å². The number of halogens is 1. The zero-order valence-electron chi connectivity index (χ0n) is 13.1. The highest BCUT2D eigenvalue weighted by Gasteiger charge is 2.38. The Kier molecular flexibility index (Phi) is 5.73. The summed E-state index contributed by atoms with van der Waals surface area (Å²) in [5, 5.41) is 0. The van der Waals surface area contributed by atoms with Crippen LogP contribution in [0.4, 0.5) is 4.39 Å². The third kappa shape index (κ3) is 3.82. The highest BCUT2D eigenvalue weighted by atomic mass is 19.1. The van der Waals surface area contributed by atoms with Crippen molar-refractivity contribution in [2.24, 2.45) is 5.84 Å². The van der Waals surface area contributed by atoms with Crippen LogP contribution in [0.5, 0.6) is 0 Å². The molecule has 2 rings (SSSR count). The summed E-state index contributed by atoms with van der Waals surface area (Å²) >= 11 is 0. The quantitative estimate of drug-likeness (QED) is 0.498. The van der Waals surface area contributed by atoms with Crippen LogP contribution in [0.2, 0.25) is 0 Å². The minimum atomic E-state index is -0.216. The molecule has 1 aliphatic carbocycles. The summed E-state index contributed by atoms with van der Waals surface area (Å²) in [6, 6.07) is 5.00. The van der Waals surface area contributed by atoms with Crippen molar-refractivity contribution in [3.63, 3.8) is 0 Å². The van der Waals surface area contributed by atoms with E-state index >= 15 is 0 Å². The molecule has 4 heteroatoms. The molecule has 0 heterocycles. The molecule has 0 aliphatic heterocycles. The molecular weight excluding hydrogens is 267 g/mol. The van der Waals surface area contributed by atoms with Crippen molar-refractivity contribution >= 4 is 0 Å². The van der Waals surface area contributed by atoms with Gasteiger partial charge in [-0.05, 0) is 49.4 Å². The lowest BCUT2D eigenvalue weighted by atomic mass is 9.82. The van der Waals surface area contributed by atoms with Crippen LogP contribution in [-0.2, 0) is 11.2 Å². The van der Waals surface area contributed by atoms with Gasteiger partial charge in [-0.2, -0.15) is 0 Å². The Bertz CT molecular complexity index is 456. The largest absolute Gasteiger partial charge is 0.377 e. The number of ether oxygens (including phenoxy) is 1. The van der Waals surface area contributed by atoms with Gasteiger partial charge in [-0.1, -0.05) is 31.7 Å². The number of nitrogens with two attached hydrogens (primary N) is 1. The molecule has 0 bridgehead atoms. The monoisotopic (exact) mass is 294 g/mol. The van der Waals surface area contributed by atoms with E-state index in [-0.39, 0.29) is 17.5 Å². The van der Waals surface area contributed by atoms with E-state index < -0.39 is 0 Å². The fraction of sp³-hybridized carbons (Fsp3) is 0.647. The number of methoxy groups -OCH3 is 1. The highest BCUT2D eigenvalue weighted by Crippen LogP contribution is 2.34. The van der Waals surface area contributed by atoms with Crippen molar-refractivity contribution in [3.05, 3.63) is 35.1 Å². The van der Waals surface area contributed by atoms with Gasteiger partial charge in [-0.15, -0.1) is 0 Å². The zero-order chi connectivity index (χ0) is 15.3. The predicted octanol–water partition coefficient (Wildman–Crippen LogP) is 3.25. The SMILES string of the molecule is COC1(C(Cc2ccc(F)cc2C)NN)CCCCCC1. The summed E-state index contributed by atoms with van der Waals surface area (Å²) in [6.07, 6.45) is 7.69. The van der Waals surface area contributed by atoms with Gasteiger partial charge in [0.1, 0.15) is 5.82 Å². The van der Waals surface area contributed by atoms with Gasteiger partial charge in [-0.3, -0.25) is 11.3 Å². The van der Waals surface area contributed by atoms with Crippen molar-refractivity contribution in [3.8, 4) is 0 Å². The Morgan fingerprint density at radius 1 is 1.29 bits per heavy atom. The zero-order valence-corrected chi connectivity index (χ0v) is 13.1. The van der Waals surface area contributed by atoms with Crippen LogP contribution in [0.25, 0.3) is 0 Å². The van der Waals surface area contributed by atoms with Crippen molar-refractivity contribution < 1.29 is 9.13 Å². The minimum absolute atomic E-state index is 0.0461. The molecule has 118 valence electrons. The van der Waals surface area contributed by atoms with Crippen LogP contribution in [0.3, 0.4) is 0 Å². The maximum absolute atomic E-state index is 13.3. The lowest BCUT2D eigenvalue weighted by molar-refractivity contribution is -0.0527. The van der Waals surface area contributed by atoms with Crippen molar-refractivity contribution in [2.75, 3.05) is 7.11 Å². The van der Waals surface area contributed by atoms with E-state index in [0.29, 0.717) is 0 Å². The fourth-order valence-electron chi connectivity index (χ4n) is 3.53. The summed E-state index contributed by atoms with van der Waals surface area (Å²) < 4.78 is 19.2. The van der Waals surface area contributed by atoms with Gasteiger partial charge in [-0.25, -0.2) is 4.39 Å².